The van der Waals surface area contributed by atoms with E-state index in [1.54, 1.807) is 18.2 Å². The van der Waals surface area contributed by atoms with Crippen LogP contribution in [-0.4, -0.2) is 33.9 Å². The molecular weight excluding hydrogens is 234 g/mol. The molecular formula is C13H13NO4. The normalized spacial score (nSPS) is 19.6. The summed E-state index contributed by atoms with van der Waals surface area (Å²) >= 11 is 0. The lowest BCUT2D eigenvalue weighted by Crippen LogP contribution is -2.26. The number of rotatable bonds is 2. The van der Waals surface area contributed by atoms with Gasteiger partial charge in [-0.25, -0.2) is 0 Å². The summed E-state index contributed by atoms with van der Waals surface area (Å²) in [6.45, 7) is 1.28. The quantitative estimate of drug-likeness (QED) is 0.825. The number of likely N-dealkylation sites (N-methyl/N-ethyl adjacent to an activating group) is 1. The molecule has 1 aromatic carbocycles. The van der Waals surface area contributed by atoms with Crippen LogP contribution in [0.2, 0.25) is 0 Å². The molecule has 0 fully saturated rings. The summed E-state index contributed by atoms with van der Waals surface area (Å²) in [6.07, 6.45) is 0. The third-order valence-corrected chi connectivity index (χ3v) is 3.05. The molecule has 0 aromatic heterocycles. The van der Waals surface area contributed by atoms with Crippen molar-refractivity contribution in [1.82, 2.24) is 4.90 Å². The fourth-order valence-electron chi connectivity index (χ4n) is 2.16. The van der Waals surface area contributed by atoms with Gasteiger partial charge in [-0.3, -0.25) is 9.59 Å². The topological polar surface area (TPSA) is 77.8 Å². The predicted octanol–water partition coefficient (Wildman–Crippen LogP) is 1.31. The molecule has 5 heteroatoms. The van der Waals surface area contributed by atoms with Gasteiger partial charge in [0, 0.05) is 12.6 Å². The van der Waals surface area contributed by atoms with Gasteiger partial charge >= 0.3 is 0 Å². The summed E-state index contributed by atoms with van der Waals surface area (Å²) in [5.74, 6) is -1.57. The average Bonchev–Trinajstić information content (AvgIpc) is 2.54. The number of aliphatic hydroxyl groups is 1. The van der Waals surface area contributed by atoms with E-state index in [0.717, 1.165) is 0 Å². The standard InChI is InChI=1S/C13H13NO4/c1-7(15)10-11(14(2)13(18)12(10)17)8-5-3-4-6-9(8)16/h3-6,11,16-17H,1-2H3. The maximum Gasteiger partial charge on any atom is 0.289 e. The number of Topliss-reactive ketones (excluding diaryl/α,β-unsaturated/α-hetero) is 1. The minimum Gasteiger partial charge on any atom is -0.508 e. The van der Waals surface area contributed by atoms with Crippen LogP contribution in [-0.2, 0) is 9.59 Å². The van der Waals surface area contributed by atoms with Gasteiger partial charge in [0.2, 0.25) is 0 Å². The molecule has 5 nitrogen and oxygen atoms in total. The number of ketones is 1. The van der Waals surface area contributed by atoms with Gasteiger partial charge in [0.05, 0.1) is 11.6 Å². The number of nitrogens with zero attached hydrogens (tertiary/aromatic N) is 1. The van der Waals surface area contributed by atoms with Crippen LogP contribution in [0.3, 0.4) is 0 Å². The third kappa shape index (κ3) is 1.64. The summed E-state index contributed by atoms with van der Waals surface area (Å²) in [5.41, 5.74) is 0.437. The second-order valence-electron chi connectivity index (χ2n) is 4.20. The Balaban J connectivity index is 2.60. The number of carbonyl (C=O) groups is 2. The van der Waals surface area contributed by atoms with Gasteiger partial charge in [0.15, 0.2) is 11.5 Å². The average molecular weight is 247 g/mol. The van der Waals surface area contributed by atoms with Crippen molar-refractivity contribution in [3.05, 3.63) is 41.2 Å². The van der Waals surface area contributed by atoms with Crippen molar-refractivity contribution >= 4 is 11.7 Å². The third-order valence-electron chi connectivity index (χ3n) is 3.05. The van der Waals surface area contributed by atoms with Crippen LogP contribution in [0.15, 0.2) is 35.6 Å². The van der Waals surface area contributed by atoms with Crippen molar-refractivity contribution < 1.29 is 19.8 Å². The first-order valence-corrected chi connectivity index (χ1v) is 5.44. The molecule has 18 heavy (non-hydrogen) atoms. The van der Waals surface area contributed by atoms with Gasteiger partial charge in [0.1, 0.15) is 5.75 Å². The lowest BCUT2D eigenvalue weighted by molar-refractivity contribution is -0.128. The molecule has 94 valence electrons. The molecule has 2 rings (SSSR count). The summed E-state index contributed by atoms with van der Waals surface area (Å²) in [4.78, 5) is 24.5. The van der Waals surface area contributed by atoms with E-state index in [9.17, 15) is 19.8 Å². The highest BCUT2D eigenvalue weighted by Crippen LogP contribution is 2.39. The van der Waals surface area contributed by atoms with E-state index in [-0.39, 0.29) is 11.3 Å². The van der Waals surface area contributed by atoms with Crippen LogP contribution in [0.1, 0.15) is 18.5 Å². The Morgan fingerprint density at radius 3 is 2.44 bits per heavy atom. The van der Waals surface area contributed by atoms with Crippen LogP contribution in [0.5, 0.6) is 5.75 Å². The molecule has 1 aliphatic rings. The molecule has 0 aliphatic carbocycles. The molecule has 0 saturated carbocycles. The van der Waals surface area contributed by atoms with Crippen LogP contribution in [0, 0.1) is 0 Å². The number of amides is 1. The molecule has 0 spiro atoms. The Kier molecular flexibility index (Phi) is 2.82. The largest absolute Gasteiger partial charge is 0.508 e. The number of hydrogen-bond donors (Lipinski definition) is 2. The van der Waals surface area contributed by atoms with Gasteiger partial charge < -0.3 is 15.1 Å². The smallest absolute Gasteiger partial charge is 0.289 e. The molecule has 1 aliphatic heterocycles. The molecule has 1 heterocycles. The lowest BCUT2D eigenvalue weighted by atomic mass is 9.96. The highest BCUT2D eigenvalue weighted by molar-refractivity contribution is 6.08. The Morgan fingerprint density at radius 1 is 1.28 bits per heavy atom. The molecule has 1 aromatic rings. The van der Waals surface area contributed by atoms with E-state index >= 15 is 0 Å². The van der Waals surface area contributed by atoms with E-state index < -0.39 is 23.5 Å². The van der Waals surface area contributed by atoms with E-state index in [2.05, 4.69) is 0 Å². The Bertz CT molecular complexity index is 562. The van der Waals surface area contributed by atoms with Crippen molar-refractivity contribution in [2.24, 2.45) is 0 Å². The molecule has 0 saturated heterocycles. The number of para-hydroxylation sites is 1. The number of carbonyl (C=O) groups excluding carboxylic acids is 2. The Labute approximate surface area is 104 Å². The Morgan fingerprint density at radius 2 is 1.89 bits per heavy atom. The van der Waals surface area contributed by atoms with Crippen molar-refractivity contribution in [1.29, 1.82) is 0 Å². The molecule has 0 bridgehead atoms. The van der Waals surface area contributed by atoms with E-state index in [1.165, 1.54) is 24.9 Å². The number of phenolic OH excluding ortho intramolecular Hbond substituents is 1. The molecule has 1 atom stereocenters. The fourth-order valence-corrected chi connectivity index (χ4v) is 2.16. The van der Waals surface area contributed by atoms with Crippen LogP contribution in [0.4, 0.5) is 0 Å². The highest BCUT2D eigenvalue weighted by Gasteiger charge is 2.41. The molecule has 1 unspecified atom stereocenters. The van der Waals surface area contributed by atoms with Crippen molar-refractivity contribution in [3.63, 3.8) is 0 Å². The second-order valence-corrected chi connectivity index (χ2v) is 4.20. The van der Waals surface area contributed by atoms with Crippen LogP contribution < -0.4 is 0 Å². The van der Waals surface area contributed by atoms with Gasteiger partial charge in [-0.15, -0.1) is 0 Å². The number of phenols is 1. The van der Waals surface area contributed by atoms with Gasteiger partial charge in [-0.2, -0.15) is 0 Å². The van der Waals surface area contributed by atoms with Gasteiger partial charge in [-0.05, 0) is 13.0 Å². The van der Waals surface area contributed by atoms with Gasteiger partial charge in [0.25, 0.3) is 5.91 Å². The number of aliphatic hydroxyl groups excluding tert-OH is 1. The van der Waals surface area contributed by atoms with Crippen LogP contribution >= 0.6 is 0 Å². The SMILES string of the molecule is CC(=O)C1=C(O)C(=O)N(C)C1c1ccccc1O. The predicted molar refractivity (Wildman–Crippen MR) is 64.0 cm³/mol. The Hall–Kier alpha value is -2.30. The summed E-state index contributed by atoms with van der Waals surface area (Å²) in [6, 6.07) is 5.69. The summed E-state index contributed by atoms with van der Waals surface area (Å²) < 4.78 is 0. The van der Waals surface area contributed by atoms with E-state index in [1.807, 2.05) is 0 Å². The zero-order valence-electron chi connectivity index (χ0n) is 10.0. The van der Waals surface area contributed by atoms with Crippen molar-refractivity contribution in [3.8, 4) is 5.75 Å². The monoisotopic (exact) mass is 247 g/mol. The van der Waals surface area contributed by atoms with E-state index in [0.29, 0.717) is 5.56 Å². The molecule has 2 N–H and O–H groups in total. The maximum atomic E-state index is 11.7. The van der Waals surface area contributed by atoms with Gasteiger partial charge in [-0.1, -0.05) is 18.2 Å². The molecule has 1 amide bonds. The highest BCUT2D eigenvalue weighted by atomic mass is 16.3. The lowest BCUT2D eigenvalue weighted by Gasteiger charge is -2.22. The van der Waals surface area contributed by atoms with Crippen molar-refractivity contribution in [2.75, 3.05) is 7.05 Å². The minimum atomic E-state index is -0.740. The van der Waals surface area contributed by atoms with E-state index in [4.69, 9.17) is 0 Å². The summed E-state index contributed by atoms with van der Waals surface area (Å²) in [5, 5.41) is 19.5. The summed E-state index contributed by atoms with van der Waals surface area (Å²) in [7, 11) is 1.48. The second kappa shape index (κ2) is 4.18. The maximum absolute atomic E-state index is 11.7. The first-order chi connectivity index (χ1) is 8.45. The first-order valence-electron chi connectivity index (χ1n) is 5.44. The van der Waals surface area contributed by atoms with Crippen LogP contribution in [0.25, 0.3) is 0 Å². The number of aromatic hydroxyl groups is 1. The first kappa shape index (κ1) is 12.2. The zero-order chi connectivity index (χ0) is 13.4. The zero-order valence-corrected chi connectivity index (χ0v) is 10.0. The number of benzene rings is 1. The molecule has 0 radical (unpaired) electrons. The number of hydrogen-bond acceptors (Lipinski definition) is 4. The minimum absolute atomic E-state index is 0.0176. The fraction of sp³-hybridized carbons (Fsp3) is 0.231. The van der Waals surface area contributed by atoms with Crippen molar-refractivity contribution in [2.45, 2.75) is 13.0 Å².